The number of carboxylic acids is 1. The molecule has 0 unspecified atom stereocenters. The Labute approximate surface area is 114 Å². The predicted molar refractivity (Wildman–Crippen MR) is 58.2 cm³/mol. The molecule has 0 saturated heterocycles. The predicted octanol–water partition coefficient (Wildman–Crippen LogP) is 1.70. The number of nitrogens with zero attached hydrogens (tertiary/aromatic N) is 1. The van der Waals surface area contributed by atoms with Crippen LogP contribution in [0.3, 0.4) is 0 Å². The van der Waals surface area contributed by atoms with Crippen molar-refractivity contribution in [2.75, 3.05) is 0 Å². The number of pyridine rings is 1. The smallest absolute Gasteiger partial charge is 0.550 e. The zero-order valence-corrected chi connectivity index (χ0v) is 13.5. The van der Waals surface area contributed by atoms with Gasteiger partial charge in [0, 0.05) is 11.4 Å². The summed E-state index contributed by atoms with van der Waals surface area (Å²) in [6, 6.07) is 3.53. The zero-order chi connectivity index (χ0) is 12.1. The monoisotopic (exact) mass is 291 g/mol. The molecule has 0 aromatic carbocycles. The second-order valence-electron chi connectivity index (χ2n) is 4.03. The van der Waals surface area contributed by atoms with Gasteiger partial charge in [0.05, 0.1) is 0 Å². The summed E-state index contributed by atoms with van der Waals surface area (Å²) in [7, 11) is 0. The van der Waals surface area contributed by atoms with Gasteiger partial charge < -0.3 is 14.9 Å². The first kappa shape index (κ1) is 17.8. The van der Waals surface area contributed by atoms with Crippen LogP contribution in [-0.4, -0.2) is 11.0 Å². The summed E-state index contributed by atoms with van der Waals surface area (Å²) >= 11 is 5.47. The van der Waals surface area contributed by atoms with Crippen molar-refractivity contribution in [3.05, 3.63) is 36.0 Å². The van der Waals surface area contributed by atoms with Crippen LogP contribution in [0.4, 0.5) is 0 Å². The van der Waals surface area contributed by atoms with E-state index in [0.29, 0.717) is 5.15 Å². The largest absolute Gasteiger partial charge is 2.00 e. The number of hydrogen-bond acceptors (Lipinski definition) is 3. The van der Waals surface area contributed by atoms with Crippen LogP contribution in [0, 0.1) is 12.3 Å². The van der Waals surface area contributed by atoms with Gasteiger partial charge in [0.1, 0.15) is 5.15 Å². The fourth-order valence-corrected chi connectivity index (χ4v) is 0.518. The van der Waals surface area contributed by atoms with Gasteiger partial charge >= 0.3 is 19.5 Å². The Morgan fingerprint density at radius 1 is 1.44 bits per heavy atom. The molecule has 5 heteroatoms. The summed E-state index contributed by atoms with van der Waals surface area (Å²) in [6.07, 6.45) is 1.63. The molecular weight excluding hydrogens is 279 g/mol. The quantitative estimate of drug-likeness (QED) is 0.415. The van der Waals surface area contributed by atoms with Crippen LogP contribution in [0.25, 0.3) is 0 Å². The fraction of sp³-hybridized carbons (Fsp3) is 0.364. The van der Waals surface area contributed by atoms with Crippen molar-refractivity contribution in [2.45, 2.75) is 20.8 Å². The Morgan fingerprint density at radius 2 is 1.88 bits per heavy atom. The Kier molecular flexibility index (Phi) is 8.49. The van der Waals surface area contributed by atoms with Crippen molar-refractivity contribution in [2.24, 2.45) is 5.41 Å². The Bertz CT molecular complexity index is 299. The molecule has 0 amide bonds. The topological polar surface area (TPSA) is 53.0 Å². The molecule has 0 aliphatic rings. The number of aromatic nitrogens is 1. The van der Waals surface area contributed by atoms with E-state index in [1.165, 1.54) is 0 Å². The molecule has 1 aromatic heterocycles. The molecule has 1 rings (SSSR count). The van der Waals surface area contributed by atoms with Crippen LogP contribution in [0.15, 0.2) is 18.3 Å². The number of carbonyl (C=O) groups is 1. The summed E-state index contributed by atoms with van der Waals surface area (Å²) in [4.78, 5) is 13.7. The van der Waals surface area contributed by atoms with E-state index in [1.54, 1.807) is 33.0 Å². The van der Waals surface area contributed by atoms with E-state index < -0.39 is 11.4 Å². The normalized spacial score (nSPS) is 9.50. The first-order valence-electron chi connectivity index (χ1n) is 4.38. The van der Waals surface area contributed by atoms with Crippen LogP contribution in [0.5, 0.6) is 0 Å². The molecule has 1 heterocycles. The number of aliphatic carboxylic acids is 1. The molecule has 16 heavy (non-hydrogen) atoms. The average molecular weight is 293 g/mol. The molecule has 0 N–H and O–H groups in total. The van der Waals surface area contributed by atoms with E-state index in [4.69, 9.17) is 11.6 Å². The Morgan fingerprint density at radius 3 is 2.06 bits per heavy atom. The van der Waals surface area contributed by atoms with E-state index in [2.05, 4.69) is 11.9 Å². The number of halogens is 1. The molecule has 0 bridgehead atoms. The van der Waals surface area contributed by atoms with Gasteiger partial charge in [-0.1, -0.05) is 44.6 Å². The van der Waals surface area contributed by atoms with E-state index >= 15 is 0 Å². The van der Waals surface area contributed by atoms with Gasteiger partial charge in [-0.05, 0) is 0 Å². The van der Waals surface area contributed by atoms with Crippen molar-refractivity contribution in [3.63, 3.8) is 0 Å². The minimum Gasteiger partial charge on any atom is -0.550 e. The molecule has 0 saturated carbocycles. The molecule has 1 aromatic rings. The zero-order valence-electron chi connectivity index (χ0n) is 9.79. The summed E-state index contributed by atoms with van der Waals surface area (Å²) < 4.78 is 0. The number of carbonyl (C=O) groups excluding carboxylic acids is 1. The van der Waals surface area contributed by atoms with Crippen LogP contribution in [0.1, 0.15) is 26.3 Å². The summed E-state index contributed by atoms with van der Waals surface area (Å²) in [5, 5.41) is 10.4. The minimum absolute atomic E-state index is 0. The average Bonchev–Trinajstić information content (AvgIpc) is 2.09. The van der Waals surface area contributed by atoms with Gasteiger partial charge in [0.15, 0.2) is 0 Å². The minimum atomic E-state index is -1.01. The molecule has 0 aliphatic carbocycles. The molecule has 3 nitrogen and oxygen atoms in total. The Balaban J connectivity index is 0. The first-order valence-corrected chi connectivity index (χ1v) is 4.76. The molecule has 84 valence electrons. The first-order chi connectivity index (χ1) is 6.73. The molecular formula is C11H14ClNO2Zn. The summed E-state index contributed by atoms with van der Waals surface area (Å²) in [5.74, 6) is -1.01. The molecule has 0 atom stereocenters. The van der Waals surface area contributed by atoms with Gasteiger partial charge in [0.2, 0.25) is 0 Å². The third kappa shape index (κ3) is 8.69. The third-order valence-electron chi connectivity index (χ3n) is 1.40. The van der Waals surface area contributed by atoms with E-state index in [1.807, 2.05) is 6.07 Å². The van der Waals surface area contributed by atoms with Crippen molar-refractivity contribution in [3.8, 4) is 0 Å². The fourth-order valence-electron chi connectivity index (χ4n) is 0.406. The second kappa shape index (κ2) is 7.64. The van der Waals surface area contributed by atoms with Crippen molar-refractivity contribution >= 4 is 17.6 Å². The van der Waals surface area contributed by atoms with Gasteiger partial charge in [-0.3, -0.25) is 0 Å². The number of carboxylic acid groups (broad SMARTS) is 1. The summed E-state index contributed by atoms with van der Waals surface area (Å²) in [6.45, 7) is 8.44. The standard InChI is InChI=1S/C6H5ClN.C5H10O2.Zn/c1-5-2-3-6(7)8-4-5;1-5(2,3)4(6)7;/h2-4H,1H2;1-3H3,(H,6,7);/q-1;;+2/p-1. The van der Waals surface area contributed by atoms with Crippen LogP contribution < -0.4 is 5.11 Å². The maximum Gasteiger partial charge on any atom is 2.00 e. The maximum absolute atomic E-state index is 9.91. The van der Waals surface area contributed by atoms with Gasteiger partial charge in [0.25, 0.3) is 0 Å². The van der Waals surface area contributed by atoms with Crippen molar-refractivity contribution in [1.29, 1.82) is 0 Å². The van der Waals surface area contributed by atoms with Crippen LogP contribution in [-0.2, 0) is 24.3 Å². The van der Waals surface area contributed by atoms with Crippen molar-refractivity contribution in [1.82, 2.24) is 4.98 Å². The molecule has 0 aliphatic heterocycles. The van der Waals surface area contributed by atoms with Crippen LogP contribution in [0.2, 0.25) is 5.15 Å². The number of hydrogen-bond donors (Lipinski definition) is 0. The second-order valence-corrected chi connectivity index (χ2v) is 4.41. The molecule has 0 fully saturated rings. The van der Waals surface area contributed by atoms with Gasteiger partial charge in [-0.2, -0.15) is 18.6 Å². The van der Waals surface area contributed by atoms with Crippen molar-refractivity contribution < 1.29 is 29.4 Å². The Hall–Kier alpha value is -0.597. The maximum atomic E-state index is 9.91. The van der Waals surface area contributed by atoms with E-state index in [0.717, 1.165) is 5.56 Å². The SMILES string of the molecule is CC(C)(C)C(=O)[O-].[CH2-]c1ccc(Cl)nc1.[Zn+2]. The summed E-state index contributed by atoms with van der Waals surface area (Å²) in [5.41, 5.74) is 0.189. The number of rotatable bonds is 0. The van der Waals surface area contributed by atoms with E-state index in [-0.39, 0.29) is 19.5 Å². The van der Waals surface area contributed by atoms with E-state index in [9.17, 15) is 9.90 Å². The molecule has 0 spiro atoms. The van der Waals surface area contributed by atoms with Crippen LogP contribution >= 0.6 is 11.6 Å². The van der Waals surface area contributed by atoms with Gasteiger partial charge in [-0.25, -0.2) is 0 Å². The third-order valence-corrected chi connectivity index (χ3v) is 1.62. The van der Waals surface area contributed by atoms with Gasteiger partial charge in [-0.15, -0.1) is 0 Å². The molecule has 0 radical (unpaired) electrons.